The second kappa shape index (κ2) is 5.27. The molecule has 1 N–H and O–H groups in total. The van der Waals surface area contributed by atoms with Crippen LogP contribution in [-0.2, 0) is 0 Å². The van der Waals surface area contributed by atoms with Crippen molar-refractivity contribution in [2.45, 2.75) is 0 Å². The molecule has 122 valence electrons. The van der Waals surface area contributed by atoms with Crippen molar-refractivity contribution in [1.82, 2.24) is 0 Å². The number of rotatable bonds is 2. The average Bonchev–Trinajstić information content (AvgIpc) is 3.25. The van der Waals surface area contributed by atoms with Crippen molar-refractivity contribution in [3.8, 4) is 11.5 Å². The Hall–Kier alpha value is -3.47. The Morgan fingerprint density at radius 2 is 1.76 bits per heavy atom. The number of nitrogens with one attached hydrogen (secondary N) is 1. The Kier molecular flexibility index (Phi) is 2.94. The molecule has 1 aliphatic heterocycles. The first-order chi connectivity index (χ1) is 12.3. The Balaban J connectivity index is 1.51. The van der Waals surface area contributed by atoms with E-state index in [1.54, 1.807) is 18.2 Å². The van der Waals surface area contributed by atoms with Gasteiger partial charge in [-0.3, -0.25) is 4.79 Å². The van der Waals surface area contributed by atoms with Gasteiger partial charge in [0.25, 0.3) is 5.91 Å². The summed E-state index contributed by atoms with van der Waals surface area (Å²) in [4.78, 5) is 12.6. The summed E-state index contributed by atoms with van der Waals surface area (Å²) in [6.45, 7) is 0.130. The molecule has 0 aliphatic carbocycles. The second-order valence-electron chi connectivity index (χ2n) is 5.80. The molecule has 4 aromatic rings. The van der Waals surface area contributed by atoms with Crippen LogP contribution in [0.2, 0.25) is 0 Å². The number of para-hydroxylation sites is 2. The molecular weight excluding hydrogens is 318 g/mol. The number of furan rings is 1. The van der Waals surface area contributed by atoms with Crippen LogP contribution in [0.25, 0.3) is 21.9 Å². The quantitative estimate of drug-likeness (QED) is 0.584. The lowest BCUT2D eigenvalue weighted by Gasteiger charge is -2.07. The number of ether oxygens (including phenoxy) is 2. The van der Waals surface area contributed by atoms with E-state index >= 15 is 0 Å². The smallest absolute Gasteiger partial charge is 0.259 e. The second-order valence-corrected chi connectivity index (χ2v) is 5.80. The van der Waals surface area contributed by atoms with E-state index < -0.39 is 0 Å². The molecule has 5 rings (SSSR count). The highest BCUT2D eigenvalue weighted by Gasteiger charge is 2.22. The number of benzene rings is 3. The summed E-state index contributed by atoms with van der Waals surface area (Å²) >= 11 is 0. The molecule has 3 aromatic carbocycles. The van der Waals surface area contributed by atoms with Crippen LogP contribution in [-0.4, -0.2) is 12.7 Å². The topological polar surface area (TPSA) is 60.7 Å². The molecule has 0 fully saturated rings. The Morgan fingerprint density at radius 3 is 2.72 bits per heavy atom. The first-order valence-electron chi connectivity index (χ1n) is 7.91. The molecule has 0 radical (unpaired) electrons. The van der Waals surface area contributed by atoms with Gasteiger partial charge in [-0.25, -0.2) is 0 Å². The number of amides is 1. The van der Waals surface area contributed by atoms with Gasteiger partial charge in [-0.2, -0.15) is 0 Å². The van der Waals surface area contributed by atoms with Crippen molar-refractivity contribution < 1.29 is 18.7 Å². The zero-order chi connectivity index (χ0) is 16.8. The van der Waals surface area contributed by atoms with E-state index in [0.29, 0.717) is 22.7 Å². The monoisotopic (exact) mass is 331 g/mol. The summed E-state index contributed by atoms with van der Waals surface area (Å²) in [5.74, 6) is 0.808. The van der Waals surface area contributed by atoms with Crippen molar-refractivity contribution in [3.05, 3.63) is 66.2 Å². The zero-order valence-electron chi connectivity index (χ0n) is 13.1. The summed E-state index contributed by atoms with van der Waals surface area (Å²) in [6, 6.07) is 18.8. The minimum Gasteiger partial charge on any atom is -0.456 e. The number of carbonyl (C=O) groups excluding carboxylic acids is 1. The fourth-order valence-corrected chi connectivity index (χ4v) is 3.11. The van der Waals surface area contributed by atoms with Crippen molar-refractivity contribution in [3.63, 3.8) is 0 Å². The molecule has 25 heavy (non-hydrogen) atoms. The predicted octanol–water partition coefficient (Wildman–Crippen LogP) is 4.57. The van der Waals surface area contributed by atoms with Crippen molar-refractivity contribution in [2.24, 2.45) is 0 Å². The van der Waals surface area contributed by atoms with Crippen LogP contribution in [0.1, 0.15) is 10.4 Å². The van der Waals surface area contributed by atoms with Gasteiger partial charge in [0, 0.05) is 22.5 Å². The van der Waals surface area contributed by atoms with Gasteiger partial charge >= 0.3 is 0 Å². The molecule has 1 aliphatic rings. The van der Waals surface area contributed by atoms with Crippen molar-refractivity contribution >= 4 is 33.5 Å². The van der Waals surface area contributed by atoms with E-state index in [1.807, 2.05) is 42.5 Å². The highest BCUT2D eigenvalue weighted by molar-refractivity contribution is 6.09. The van der Waals surface area contributed by atoms with Crippen molar-refractivity contribution in [2.75, 3.05) is 12.1 Å². The Morgan fingerprint density at radius 1 is 0.880 bits per heavy atom. The number of hydrogen-bond donors (Lipinski definition) is 1. The number of fused-ring (bicyclic) bond motifs is 4. The van der Waals surface area contributed by atoms with E-state index in [2.05, 4.69) is 5.32 Å². The fourth-order valence-electron chi connectivity index (χ4n) is 3.11. The van der Waals surface area contributed by atoms with Crippen molar-refractivity contribution in [1.29, 1.82) is 0 Å². The maximum absolute atomic E-state index is 12.6. The number of anilines is 1. The molecule has 0 unspecified atom stereocenters. The average molecular weight is 331 g/mol. The van der Waals surface area contributed by atoms with Crippen LogP contribution in [0.5, 0.6) is 11.5 Å². The molecule has 1 aromatic heterocycles. The van der Waals surface area contributed by atoms with Gasteiger partial charge in [-0.15, -0.1) is 0 Å². The van der Waals surface area contributed by atoms with Crippen LogP contribution in [0, 0.1) is 0 Å². The minimum atomic E-state index is -0.252. The Bertz CT molecular complexity index is 1130. The number of hydrogen-bond acceptors (Lipinski definition) is 4. The highest BCUT2D eigenvalue weighted by atomic mass is 16.7. The molecule has 2 heterocycles. The largest absolute Gasteiger partial charge is 0.456 e. The summed E-state index contributed by atoms with van der Waals surface area (Å²) < 4.78 is 16.6. The summed E-state index contributed by atoms with van der Waals surface area (Å²) in [7, 11) is 0. The van der Waals surface area contributed by atoms with Crippen LogP contribution >= 0.6 is 0 Å². The first-order valence-corrected chi connectivity index (χ1v) is 7.91. The van der Waals surface area contributed by atoms with Gasteiger partial charge in [-0.1, -0.05) is 24.3 Å². The van der Waals surface area contributed by atoms with Crippen LogP contribution < -0.4 is 14.8 Å². The lowest BCUT2D eigenvalue weighted by Crippen LogP contribution is -2.12. The third-order valence-electron chi connectivity index (χ3n) is 4.28. The van der Waals surface area contributed by atoms with E-state index in [-0.39, 0.29) is 12.7 Å². The maximum Gasteiger partial charge on any atom is 0.259 e. The molecule has 0 spiro atoms. The predicted molar refractivity (Wildman–Crippen MR) is 94.2 cm³/mol. The highest BCUT2D eigenvalue weighted by Crippen LogP contribution is 2.36. The molecule has 0 saturated heterocycles. The molecule has 1 amide bonds. The van der Waals surface area contributed by atoms with Gasteiger partial charge in [-0.05, 0) is 30.3 Å². The van der Waals surface area contributed by atoms with E-state index in [1.165, 1.54) is 0 Å². The van der Waals surface area contributed by atoms with Gasteiger partial charge in [0.05, 0.1) is 5.56 Å². The Labute approximate surface area is 142 Å². The number of carbonyl (C=O) groups is 1. The van der Waals surface area contributed by atoms with Crippen LogP contribution in [0.3, 0.4) is 0 Å². The third-order valence-corrected chi connectivity index (χ3v) is 4.28. The first kappa shape index (κ1) is 13.9. The molecule has 0 atom stereocenters. The van der Waals surface area contributed by atoms with Gasteiger partial charge in [0.2, 0.25) is 6.79 Å². The molecule has 0 bridgehead atoms. The van der Waals surface area contributed by atoms with Crippen LogP contribution in [0.15, 0.2) is 65.1 Å². The summed E-state index contributed by atoms with van der Waals surface area (Å²) in [5, 5.41) is 4.97. The van der Waals surface area contributed by atoms with Gasteiger partial charge < -0.3 is 19.2 Å². The molecule has 5 heteroatoms. The minimum absolute atomic E-state index is 0.130. The third kappa shape index (κ3) is 2.21. The summed E-state index contributed by atoms with van der Waals surface area (Å²) in [6.07, 6.45) is 0. The van der Waals surface area contributed by atoms with E-state index in [9.17, 15) is 4.79 Å². The van der Waals surface area contributed by atoms with Crippen LogP contribution in [0.4, 0.5) is 5.69 Å². The van der Waals surface area contributed by atoms with E-state index in [4.69, 9.17) is 13.9 Å². The maximum atomic E-state index is 12.6. The zero-order valence-corrected chi connectivity index (χ0v) is 13.1. The molecule has 0 saturated carbocycles. The lowest BCUT2D eigenvalue weighted by molar-refractivity contribution is 0.102. The molecule has 5 nitrogen and oxygen atoms in total. The van der Waals surface area contributed by atoms with Gasteiger partial charge in [0.15, 0.2) is 11.5 Å². The standard InChI is InChI=1S/C20H13NO4/c22-20(15-5-3-7-17-19(15)24-11-23-17)21-12-8-9-14-13-4-1-2-6-16(13)25-18(14)10-12/h1-10H,11H2,(H,21,22). The fraction of sp³-hybridized carbons (Fsp3) is 0.0500. The summed E-state index contributed by atoms with van der Waals surface area (Å²) in [5.41, 5.74) is 2.66. The SMILES string of the molecule is O=C(Nc1ccc2c(c1)oc1ccccc12)c1cccc2c1OCO2. The van der Waals surface area contributed by atoms with Gasteiger partial charge in [0.1, 0.15) is 11.2 Å². The lowest BCUT2D eigenvalue weighted by atomic mass is 10.1. The molecular formula is C20H13NO4. The van der Waals surface area contributed by atoms with E-state index in [0.717, 1.165) is 21.9 Å². The normalized spacial score (nSPS) is 12.6.